The van der Waals surface area contributed by atoms with Crippen LogP contribution in [0.2, 0.25) is 0 Å². The summed E-state index contributed by atoms with van der Waals surface area (Å²) in [4.78, 5) is 22.8. The summed E-state index contributed by atoms with van der Waals surface area (Å²) in [6.07, 6.45) is 0. The number of hydrogen-bond donors (Lipinski definition) is 3. The van der Waals surface area contributed by atoms with Crippen molar-refractivity contribution in [1.29, 1.82) is 0 Å². The predicted molar refractivity (Wildman–Crippen MR) is 67.8 cm³/mol. The van der Waals surface area contributed by atoms with Crippen LogP contribution in [0.25, 0.3) is 10.1 Å². The number of rotatable bonds is 4. The monoisotopic (exact) mass is 283 g/mol. The van der Waals surface area contributed by atoms with Crippen LogP contribution in [0.15, 0.2) is 24.3 Å². The van der Waals surface area contributed by atoms with Crippen molar-refractivity contribution in [3.05, 3.63) is 35.0 Å². The molecule has 5 nitrogen and oxygen atoms in total. The van der Waals surface area contributed by atoms with Crippen LogP contribution in [0.5, 0.6) is 0 Å². The summed E-state index contributed by atoms with van der Waals surface area (Å²) < 4.78 is 13.7. The van der Waals surface area contributed by atoms with E-state index >= 15 is 0 Å². The van der Waals surface area contributed by atoms with Crippen molar-refractivity contribution in [1.82, 2.24) is 5.32 Å². The first-order valence-electron chi connectivity index (χ1n) is 5.35. The van der Waals surface area contributed by atoms with Gasteiger partial charge in [-0.3, -0.25) is 4.79 Å². The molecule has 0 unspecified atom stereocenters. The minimum atomic E-state index is -1.35. The van der Waals surface area contributed by atoms with Crippen LogP contribution in [-0.4, -0.2) is 34.7 Å². The number of aliphatic carboxylic acids is 1. The van der Waals surface area contributed by atoms with Crippen LogP contribution in [-0.2, 0) is 4.79 Å². The Labute approximate surface area is 111 Å². The molecular formula is C12H10FNO4S. The zero-order valence-corrected chi connectivity index (χ0v) is 10.4. The van der Waals surface area contributed by atoms with Gasteiger partial charge in [0.05, 0.1) is 11.5 Å². The minimum Gasteiger partial charge on any atom is -0.480 e. The second kappa shape index (κ2) is 5.33. The SMILES string of the molecule is O=C(N[C@@H](CO)C(=O)O)c1cc2cc(F)ccc2s1. The van der Waals surface area contributed by atoms with Gasteiger partial charge in [0.25, 0.3) is 5.91 Å². The van der Waals surface area contributed by atoms with E-state index in [1.54, 1.807) is 6.07 Å². The molecule has 0 bridgehead atoms. The van der Waals surface area contributed by atoms with Gasteiger partial charge in [0, 0.05) is 4.70 Å². The molecule has 1 heterocycles. The van der Waals surface area contributed by atoms with Crippen molar-refractivity contribution in [2.75, 3.05) is 6.61 Å². The third kappa shape index (κ3) is 2.88. The van der Waals surface area contributed by atoms with Crippen LogP contribution >= 0.6 is 11.3 Å². The summed E-state index contributed by atoms with van der Waals surface area (Å²) in [7, 11) is 0. The highest BCUT2D eigenvalue weighted by Crippen LogP contribution is 2.26. The molecule has 3 N–H and O–H groups in total. The van der Waals surface area contributed by atoms with Crippen molar-refractivity contribution in [2.45, 2.75) is 6.04 Å². The van der Waals surface area contributed by atoms with Gasteiger partial charge in [-0.1, -0.05) is 0 Å². The van der Waals surface area contributed by atoms with Crippen molar-refractivity contribution >= 4 is 33.3 Å². The zero-order chi connectivity index (χ0) is 14.0. The van der Waals surface area contributed by atoms with E-state index in [0.717, 1.165) is 16.0 Å². The van der Waals surface area contributed by atoms with E-state index in [2.05, 4.69) is 5.32 Å². The number of nitrogens with one attached hydrogen (secondary N) is 1. The van der Waals surface area contributed by atoms with E-state index in [0.29, 0.717) is 5.39 Å². The molecule has 0 aliphatic heterocycles. The smallest absolute Gasteiger partial charge is 0.328 e. The zero-order valence-electron chi connectivity index (χ0n) is 9.59. The van der Waals surface area contributed by atoms with Crippen molar-refractivity contribution in [3.8, 4) is 0 Å². The number of fused-ring (bicyclic) bond motifs is 1. The summed E-state index contributed by atoms with van der Waals surface area (Å²) >= 11 is 1.12. The Morgan fingerprint density at radius 1 is 1.37 bits per heavy atom. The fourth-order valence-electron chi connectivity index (χ4n) is 1.54. The number of aliphatic hydroxyl groups excluding tert-OH is 1. The third-order valence-electron chi connectivity index (χ3n) is 2.49. The molecule has 0 aliphatic carbocycles. The Balaban J connectivity index is 2.24. The van der Waals surface area contributed by atoms with Gasteiger partial charge in [-0.25, -0.2) is 9.18 Å². The number of carboxylic acids is 1. The third-order valence-corrected chi connectivity index (χ3v) is 3.60. The van der Waals surface area contributed by atoms with Gasteiger partial charge >= 0.3 is 5.97 Å². The van der Waals surface area contributed by atoms with E-state index in [1.807, 2.05) is 0 Å². The molecule has 100 valence electrons. The molecule has 19 heavy (non-hydrogen) atoms. The van der Waals surface area contributed by atoms with Crippen molar-refractivity contribution in [3.63, 3.8) is 0 Å². The topological polar surface area (TPSA) is 86.6 Å². The molecule has 2 aromatic rings. The number of carboxylic acid groups (broad SMARTS) is 1. The molecule has 1 amide bonds. The highest BCUT2D eigenvalue weighted by molar-refractivity contribution is 7.20. The van der Waals surface area contributed by atoms with Gasteiger partial charge in [-0.05, 0) is 29.7 Å². The van der Waals surface area contributed by atoms with Crippen LogP contribution in [0.1, 0.15) is 9.67 Å². The summed E-state index contributed by atoms with van der Waals surface area (Å²) in [6.45, 7) is -0.694. The van der Waals surface area contributed by atoms with E-state index in [1.165, 1.54) is 18.2 Å². The maximum absolute atomic E-state index is 13.0. The van der Waals surface area contributed by atoms with Crippen molar-refractivity contribution < 1.29 is 24.2 Å². The first-order valence-corrected chi connectivity index (χ1v) is 6.16. The molecule has 1 aromatic heterocycles. The van der Waals surface area contributed by atoms with Crippen LogP contribution in [0, 0.1) is 5.82 Å². The number of hydrogen-bond acceptors (Lipinski definition) is 4. The molecular weight excluding hydrogens is 273 g/mol. The number of carbonyl (C=O) groups is 2. The highest BCUT2D eigenvalue weighted by Gasteiger charge is 2.20. The van der Waals surface area contributed by atoms with E-state index in [9.17, 15) is 14.0 Å². The standard InChI is InChI=1S/C12H10FNO4S/c13-7-1-2-9-6(3-7)4-10(19-9)11(16)14-8(5-15)12(17)18/h1-4,8,15H,5H2,(H,14,16)(H,17,18)/t8-/m0/s1. The highest BCUT2D eigenvalue weighted by atomic mass is 32.1. The van der Waals surface area contributed by atoms with E-state index in [-0.39, 0.29) is 4.88 Å². The summed E-state index contributed by atoms with van der Waals surface area (Å²) in [5, 5.41) is 20.3. The first-order chi connectivity index (χ1) is 9.01. The predicted octanol–water partition coefficient (Wildman–Crippen LogP) is 1.22. The van der Waals surface area contributed by atoms with Gasteiger partial charge in [0.15, 0.2) is 6.04 Å². The van der Waals surface area contributed by atoms with Gasteiger partial charge < -0.3 is 15.5 Å². The lowest BCUT2D eigenvalue weighted by molar-refractivity contribution is -0.140. The average molecular weight is 283 g/mol. The second-order valence-corrected chi connectivity index (χ2v) is 4.92. The number of benzene rings is 1. The maximum Gasteiger partial charge on any atom is 0.328 e. The lowest BCUT2D eigenvalue weighted by atomic mass is 10.2. The molecule has 0 aliphatic rings. The lowest BCUT2D eigenvalue weighted by Crippen LogP contribution is -2.43. The van der Waals surface area contributed by atoms with E-state index < -0.39 is 30.3 Å². The van der Waals surface area contributed by atoms with E-state index in [4.69, 9.17) is 10.2 Å². The molecule has 0 spiro atoms. The Morgan fingerprint density at radius 2 is 2.11 bits per heavy atom. The number of thiophene rings is 1. The molecule has 1 atom stereocenters. The maximum atomic E-state index is 13.0. The fraction of sp³-hybridized carbons (Fsp3) is 0.167. The summed E-state index contributed by atoms with van der Waals surface area (Å²) in [5.74, 6) is -2.33. The number of carbonyl (C=O) groups excluding carboxylic acids is 1. The Kier molecular flexibility index (Phi) is 3.77. The Morgan fingerprint density at radius 3 is 2.74 bits per heavy atom. The van der Waals surface area contributed by atoms with Crippen molar-refractivity contribution in [2.24, 2.45) is 0 Å². The Bertz CT molecular complexity index is 640. The quantitative estimate of drug-likeness (QED) is 0.787. The molecule has 1 aromatic carbocycles. The molecule has 0 saturated heterocycles. The van der Waals surface area contributed by atoms with Crippen LogP contribution in [0.4, 0.5) is 4.39 Å². The molecule has 0 fully saturated rings. The molecule has 7 heteroatoms. The second-order valence-electron chi connectivity index (χ2n) is 3.84. The van der Waals surface area contributed by atoms with Gasteiger partial charge in [0.1, 0.15) is 5.82 Å². The number of amides is 1. The lowest BCUT2D eigenvalue weighted by Gasteiger charge is -2.10. The molecule has 2 rings (SSSR count). The normalized spacial score (nSPS) is 12.3. The summed E-state index contributed by atoms with van der Waals surface area (Å²) in [6, 6.07) is 4.26. The number of aliphatic hydroxyl groups is 1. The first kappa shape index (κ1) is 13.4. The molecule has 0 saturated carbocycles. The number of halogens is 1. The van der Waals surface area contributed by atoms with Crippen LogP contribution in [0.3, 0.4) is 0 Å². The Hall–Kier alpha value is -1.99. The average Bonchev–Trinajstić information content (AvgIpc) is 2.78. The van der Waals surface area contributed by atoms with Gasteiger partial charge in [-0.15, -0.1) is 11.3 Å². The van der Waals surface area contributed by atoms with Crippen LogP contribution < -0.4 is 5.32 Å². The van der Waals surface area contributed by atoms with Gasteiger partial charge in [0.2, 0.25) is 0 Å². The molecule has 0 radical (unpaired) electrons. The fourth-order valence-corrected chi connectivity index (χ4v) is 2.49. The minimum absolute atomic E-state index is 0.264. The van der Waals surface area contributed by atoms with Gasteiger partial charge in [-0.2, -0.15) is 0 Å². The largest absolute Gasteiger partial charge is 0.480 e. The summed E-state index contributed by atoms with van der Waals surface area (Å²) in [5.41, 5.74) is 0.